The van der Waals surface area contributed by atoms with Crippen molar-refractivity contribution in [1.82, 2.24) is 5.32 Å². The van der Waals surface area contributed by atoms with E-state index in [0.29, 0.717) is 17.4 Å². The van der Waals surface area contributed by atoms with Crippen LogP contribution in [0.3, 0.4) is 0 Å². The molecule has 0 aromatic heterocycles. The molecule has 0 radical (unpaired) electrons. The molecule has 0 unspecified atom stereocenters. The lowest BCUT2D eigenvalue weighted by Crippen LogP contribution is -2.34. The lowest BCUT2D eigenvalue weighted by molar-refractivity contribution is -0.123. The monoisotopic (exact) mass is 334 g/mol. The van der Waals surface area contributed by atoms with Crippen LogP contribution < -0.4 is 15.5 Å². The molecule has 1 amide bonds. The molecule has 1 saturated carbocycles. The first-order valence-corrected chi connectivity index (χ1v) is 9.00. The van der Waals surface area contributed by atoms with Crippen LogP contribution in [0.1, 0.15) is 45.4 Å². The standard InChI is InChI=1S/C19H30N2O3/c1-3-6-15-9-11-16(12-10-15)13-20-19(22)14-24-18-8-5-4-7-17(18)21-23-2/h4-5,7-8,15-16,21H,3,6,9-14H2,1-2H3,(H,20,22). The molecule has 1 aliphatic carbocycles. The smallest absolute Gasteiger partial charge is 0.257 e. The fraction of sp³-hybridized carbons (Fsp3) is 0.632. The van der Waals surface area contributed by atoms with E-state index in [1.807, 2.05) is 24.3 Å². The molecule has 0 heterocycles. The number of carbonyl (C=O) groups is 1. The second-order valence-electron chi connectivity index (χ2n) is 6.57. The summed E-state index contributed by atoms with van der Waals surface area (Å²) in [6.45, 7) is 3.04. The van der Waals surface area contributed by atoms with Gasteiger partial charge >= 0.3 is 0 Å². The number of ether oxygens (including phenoxy) is 1. The summed E-state index contributed by atoms with van der Waals surface area (Å²) in [5, 5.41) is 3.01. The second-order valence-corrected chi connectivity index (χ2v) is 6.57. The van der Waals surface area contributed by atoms with Crippen LogP contribution in [-0.4, -0.2) is 26.2 Å². The molecule has 1 fully saturated rings. The average Bonchev–Trinajstić information content (AvgIpc) is 2.61. The van der Waals surface area contributed by atoms with Crippen LogP contribution in [0, 0.1) is 11.8 Å². The lowest BCUT2D eigenvalue weighted by Gasteiger charge is -2.28. The molecule has 0 bridgehead atoms. The maximum Gasteiger partial charge on any atom is 0.257 e. The molecule has 24 heavy (non-hydrogen) atoms. The summed E-state index contributed by atoms with van der Waals surface area (Å²) in [5.74, 6) is 2.05. The van der Waals surface area contributed by atoms with E-state index >= 15 is 0 Å². The van der Waals surface area contributed by atoms with Gasteiger partial charge in [0.25, 0.3) is 5.91 Å². The van der Waals surface area contributed by atoms with Crippen LogP contribution in [0.2, 0.25) is 0 Å². The Kier molecular flexibility index (Phi) is 7.89. The molecule has 0 saturated heterocycles. The molecular formula is C19H30N2O3. The Labute approximate surface area is 145 Å². The second kappa shape index (κ2) is 10.2. The van der Waals surface area contributed by atoms with E-state index in [0.717, 1.165) is 12.5 Å². The molecule has 2 N–H and O–H groups in total. The summed E-state index contributed by atoms with van der Waals surface area (Å²) >= 11 is 0. The summed E-state index contributed by atoms with van der Waals surface area (Å²) in [5.41, 5.74) is 3.45. The fourth-order valence-electron chi connectivity index (χ4n) is 3.37. The van der Waals surface area contributed by atoms with Gasteiger partial charge in [-0.25, -0.2) is 0 Å². The topological polar surface area (TPSA) is 59.6 Å². The zero-order chi connectivity index (χ0) is 17.2. The third kappa shape index (κ3) is 6.04. The summed E-state index contributed by atoms with van der Waals surface area (Å²) in [6, 6.07) is 7.39. The van der Waals surface area contributed by atoms with E-state index in [2.05, 4.69) is 17.7 Å². The minimum absolute atomic E-state index is 0.0214. The van der Waals surface area contributed by atoms with E-state index < -0.39 is 0 Å². The van der Waals surface area contributed by atoms with Crippen molar-refractivity contribution in [2.24, 2.45) is 11.8 Å². The first-order valence-electron chi connectivity index (χ1n) is 9.00. The zero-order valence-electron chi connectivity index (χ0n) is 14.8. The van der Waals surface area contributed by atoms with Gasteiger partial charge in [-0.2, -0.15) is 0 Å². The van der Waals surface area contributed by atoms with Gasteiger partial charge in [-0.05, 0) is 36.8 Å². The molecule has 1 aromatic carbocycles. The Morgan fingerprint density at radius 3 is 2.58 bits per heavy atom. The molecule has 1 aliphatic rings. The van der Waals surface area contributed by atoms with Gasteiger partial charge in [0.1, 0.15) is 11.4 Å². The Hall–Kier alpha value is -1.75. The Morgan fingerprint density at radius 2 is 1.88 bits per heavy atom. The van der Waals surface area contributed by atoms with Gasteiger partial charge in [-0.3, -0.25) is 15.1 Å². The van der Waals surface area contributed by atoms with Crippen molar-refractivity contribution in [3.63, 3.8) is 0 Å². The van der Waals surface area contributed by atoms with Crippen molar-refractivity contribution in [3.05, 3.63) is 24.3 Å². The van der Waals surface area contributed by atoms with Gasteiger partial charge in [0.2, 0.25) is 0 Å². The predicted octanol–water partition coefficient (Wildman–Crippen LogP) is 3.76. The Bertz CT molecular complexity index is 499. The number of anilines is 1. The molecule has 134 valence electrons. The van der Waals surface area contributed by atoms with Gasteiger partial charge in [0, 0.05) is 6.54 Å². The van der Waals surface area contributed by atoms with Gasteiger partial charge in [0.15, 0.2) is 6.61 Å². The van der Waals surface area contributed by atoms with E-state index in [4.69, 9.17) is 9.57 Å². The molecule has 1 aromatic rings. The van der Waals surface area contributed by atoms with Crippen molar-refractivity contribution in [2.75, 3.05) is 25.7 Å². The predicted molar refractivity (Wildman–Crippen MR) is 95.9 cm³/mol. The normalized spacial score (nSPS) is 20.4. The van der Waals surface area contributed by atoms with Crippen molar-refractivity contribution in [1.29, 1.82) is 0 Å². The van der Waals surface area contributed by atoms with Crippen LogP contribution in [0.25, 0.3) is 0 Å². The fourth-order valence-corrected chi connectivity index (χ4v) is 3.37. The van der Waals surface area contributed by atoms with E-state index in [9.17, 15) is 4.79 Å². The molecule has 2 rings (SSSR count). The maximum atomic E-state index is 12.0. The van der Waals surface area contributed by atoms with Crippen molar-refractivity contribution in [3.8, 4) is 5.75 Å². The number of nitrogens with one attached hydrogen (secondary N) is 2. The third-order valence-electron chi connectivity index (χ3n) is 4.71. The van der Waals surface area contributed by atoms with Crippen molar-refractivity contribution >= 4 is 11.6 Å². The third-order valence-corrected chi connectivity index (χ3v) is 4.71. The van der Waals surface area contributed by atoms with E-state index in [1.165, 1.54) is 38.5 Å². The first kappa shape index (κ1) is 18.6. The van der Waals surface area contributed by atoms with Crippen LogP contribution >= 0.6 is 0 Å². The quantitative estimate of drug-likeness (QED) is 0.675. The number of hydrogen-bond donors (Lipinski definition) is 2. The Balaban J connectivity index is 1.67. The minimum atomic E-state index is -0.0714. The van der Waals surface area contributed by atoms with Crippen molar-refractivity contribution in [2.45, 2.75) is 45.4 Å². The van der Waals surface area contributed by atoms with Crippen molar-refractivity contribution < 1.29 is 14.4 Å². The highest BCUT2D eigenvalue weighted by Gasteiger charge is 2.20. The number of hydrogen-bond acceptors (Lipinski definition) is 4. The molecule has 0 aliphatic heterocycles. The molecule has 5 heteroatoms. The lowest BCUT2D eigenvalue weighted by atomic mass is 9.80. The molecular weight excluding hydrogens is 304 g/mol. The number of para-hydroxylation sites is 2. The number of benzene rings is 1. The largest absolute Gasteiger partial charge is 0.482 e. The Morgan fingerprint density at radius 1 is 1.17 bits per heavy atom. The van der Waals surface area contributed by atoms with Crippen LogP contribution in [0.4, 0.5) is 5.69 Å². The van der Waals surface area contributed by atoms with Gasteiger partial charge < -0.3 is 10.1 Å². The van der Waals surface area contributed by atoms with E-state index in [1.54, 1.807) is 7.11 Å². The maximum absolute atomic E-state index is 12.0. The van der Waals surface area contributed by atoms with Gasteiger partial charge in [-0.15, -0.1) is 0 Å². The number of rotatable bonds is 9. The highest BCUT2D eigenvalue weighted by atomic mass is 16.6. The number of carbonyl (C=O) groups excluding carboxylic acids is 1. The molecule has 0 atom stereocenters. The minimum Gasteiger partial charge on any atom is -0.482 e. The SMILES string of the molecule is CCCC1CCC(CNC(=O)COc2ccccc2NOC)CC1. The van der Waals surface area contributed by atoms with Crippen LogP contribution in [0.5, 0.6) is 5.75 Å². The van der Waals surface area contributed by atoms with Gasteiger partial charge in [-0.1, -0.05) is 44.7 Å². The van der Waals surface area contributed by atoms with E-state index in [-0.39, 0.29) is 12.5 Å². The summed E-state index contributed by atoms with van der Waals surface area (Å²) < 4.78 is 5.59. The summed E-state index contributed by atoms with van der Waals surface area (Å²) in [7, 11) is 1.54. The molecule has 5 nitrogen and oxygen atoms in total. The summed E-state index contributed by atoms with van der Waals surface area (Å²) in [4.78, 5) is 16.9. The molecule has 0 spiro atoms. The van der Waals surface area contributed by atoms with Crippen LogP contribution in [0.15, 0.2) is 24.3 Å². The van der Waals surface area contributed by atoms with Gasteiger partial charge in [0.05, 0.1) is 7.11 Å². The number of amides is 1. The first-order chi connectivity index (χ1) is 11.7. The summed E-state index contributed by atoms with van der Waals surface area (Å²) in [6.07, 6.45) is 7.70. The van der Waals surface area contributed by atoms with Crippen LogP contribution in [-0.2, 0) is 9.63 Å². The zero-order valence-corrected chi connectivity index (χ0v) is 14.8. The highest BCUT2D eigenvalue weighted by molar-refractivity contribution is 5.77. The highest BCUT2D eigenvalue weighted by Crippen LogP contribution is 2.31. The average molecular weight is 334 g/mol.